The Balaban J connectivity index is 1.22. The van der Waals surface area contributed by atoms with Gasteiger partial charge in [-0.15, -0.1) is 11.3 Å². The van der Waals surface area contributed by atoms with E-state index in [1.54, 1.807) is 23.1 Å². The lowest BCUT2D eigenvalue weighted by Crippen LogP contribution is -2.36. The Labute approximate surface area is 321 Å². The van der Waals surface area contributed by atoms with Crippen molar-refractivity contribution in [3.63, 3.8) is 0 Å². The van der Waals surface area contributed by atoms with Crippen LogP contribution in [0.3, 0.4) is 0 Å². The van der Waals surface area contributed by atoms with Crippen LogP contribution in [-0.2, 0) is 26.8 Å². The van der Waals surface area contributed by atoms with Gasteiger partial charge in [0.1, 0.15) is 0 Å². The number of aromatic nitrogens is 1. The van der Waals surface area contributed by atoms with Crippen molar-refractivity contribution < 1.29 is 34.9 Å². The van der Waals surface area contributed by atoms with Crippen molar-refractivity contribution in [3.05, 3.63) is 119 Å². The highest BCUT2D eigenvalue weighted by Crippen LogP contribution is 2.51. The molecule has 8 rings (SSSR count). The van der Waals surface area contributed by atoms with E-state index in [2.05, 4.69) is 71.0 Å². The highest BCUT2D eigenvalue weighted by atomic mass is 32.2. The molecule has 1 aliphatic heterocycles. The van der Waals surface area contributed by atoms with Gasteiger partial charge in [-0.25, -0.2) is 0 Å². The molecule has 2 aromatic heterocycles. The molecule has 0 unspecified atom stereocenters. The van der Waals surface area contributed by atoms with Crippen LogP contribution in [0.1, 0.15) is 32.1 Å². The second kappa shape index (κ2) is 14.6. The standard InChI is InChI=1S/C41H36N2O7S4/c1-2-27(24-40-43(20-8-22-54(47,48)49)41-33-15-13-28-9-3-4-10-30(28)31(33)16-18-38(41)52-40)23-39-42(19-7-21-53(44,45)46)35-25-29(14-17-36(35)50-39)34-26-51-37-12-6-5-11-32(34)37/h3-6,9-18,23-26H,2,7-8,19-22H2,1H3,(H-,44,45,46,47,48,49)/p+1. The second-order valence-corrected chi connectivity index (χ2v) is 18.4. The Morgan fingerprint density at radius 1 is 0.833 bits per heavy atom. The molecule has 0 aliphatic carbocycles. The molecule has 0 amide bonds. The molecule has 1 aliphatic rings. The van der Waals surface area contributed by atoms with Crippen LogP contribution in [0.2, 0.25) is 0 Å². The van der Waals surface area contributed by atoms with Crippen molar-refractivity contribution >= 4 is 97.8 Å². The van der Waals surface area contributed by atoms with Crippen molar-refractivity contribution in [3.8, 4) is 11.1 Å². The number of allylic oxidation sites excluding steroid dienone is 2. The fraction of sp³-hybridized carbons (Fsp3) is 0.195. The van der Waals surface area contributed by atoms with Crippen LogP contribution in [0, 0.1) is 0 Å². The maximum Gasteiger partial charge on any atom is 0.374 e. The molecular formula is C41H37N2O7S4+. The summed E-state index contributed by atoms with van der Waals surface area (Å²) in [5.41, 5.74) is 5.50. The summed E-state index contributed by atoms with van der Waals surface area (Å²) < 4.78 is 75.6. The highest BCUT2D eigenvalue weighted by molar-refractivity contribution is 8.03. The average Bonchev–Trinajstić information content (AvgIpc) is 3.83. The number of anilines is 1. The molecule has 2 N–H and O–H groups in total. The lowest BCUT2D eigenvalue weighted by atomic mass is 10.0. The number of fused-ring (bicyclic) bond motifs is 7. The molecule has 9 nitrogen and oxygen atoms in total. The minimum absolute atomic E-state index is 0.182. The number of thioether (sulfide) groups is 1. The zero-order valence-corrected chi connectivity index (χ0v) is 32.6. The summed E-state index contributed by atoms with van der Waals surface area (Å²) in [6.45, 7) is 2.71. The first-order valence-electron chi connectivity index (χ1n) is 17.6. The zero-order valence-electron chi connectivity index (χ0n) is 29.3. The SMILES string of the molecule is CCC(/C=C1\Sc2ccc3c(ccc4ccccc43)c2N1CCCS(=O)(=O)O)=C\c1oc2ccc(-c3csc4ccccc34)cc2[n+]1CCCS(=O)(=O)O. The first kappa shape index (κ1) is 36.5. The largest absolute Gasteiger partial charge is 0.398 e. The van der Waals surface area contributed by atoms with Gasteiger partial charge >= 0.3 is 5.89 Å². The van der Waals surface area contributed by atoms with Crippen LogP contribution < -0.4 is 9.47 Å². The van der Waals surface area contributed by atoms with Crippen LogP contribution in [0.15, 0.2) is 122 Å². The number of aryl methyl sites for hydroxylation is 1. The van der Waals surface area contributed by atoms with Gasteiger partial charge in [-0.3, -0.25) is 9.11 Å². The number of rotatable bonds is 12. The summed E-state index contributed by atoms with van der Waals surface area (Å²) in [6, 6.07) is 31.0. The molecule has 3 heterocycles. The lowest BCUT2D eigenvalue weighted by Gasteiger charge is -2.22. The summed E-state index contributed by atoms with van der Waals surface area (Å²) >= 11 is 3.29. The predicted molar refractivity (Wildman–Crippen MR) is 220 cm³/mol. The predicted octanol–water partition coefficient (Wildman–Crippen LogP) is 9.71. The van der Waals surface area contributed by atoms with E-state index in [1.165, 1.54) is 4.70 Å². The normalized spacial score (nSPS) is 14.7. The molecular weight excluding hydrogens is 761 g/mol. The summed E-state index contributed by atoms with van der Waals surface area (Å²) in [6.07, 6.45) is 5.10. The summed E-state index contributed by atoms with van der Waals surface area (Å²) in [5.74, 6) is -0.199. The third kappa shape index (κ3) is 7.44. The Kier molecular flexibility index (Phi) is 9.88. The Morgan fingerprint density at radius 2 is 1.57 bits per heavy atom. The van der Waals surface area contributed by atoms with E-state index in [0.29, 0.717) is 31.0 Å². The first-order valence-corrected chi connectivity index (χ1v) is 22.5. The van der Waals surface area contributed by atoms with Crippen LogP contribution in [0.4, 0.5) is 5.69 Å². The zero-order chi connectivity index (χ0) is 37.6. The molecule has 0 atom stereocenters. The van der Waals surface area contributed by atoms with Gasteiger partial charge in [0.15, 0.2) is 6.54 Å². The third-order valence-electron chi connectivity index (χ3n) is 9.73. The molecule has 0 fully saturated rings. The maximum absolute atomic E-state index is 11.7. The Hall–Kier alpha value is -4.50. The van der Waals surface area contributed by atoms with Crippen molar-refractivity contribution in [1.29, 1.82) is 0 Å². The summed E-state index contributed by atoms with van der Waals surface area (Å²) in [4.78, 5) is 3.19. The van der Waals surface area contributed by atoms with Gasteiger partial charge in [0.05, 0.1) is 28.3 Å². The van der Waals surface area contributed by atoms with E-state index in [0.717, 1.165) is 64.8 Å². The van der Waals surface area contributed by atoms with Gasteiger partial charge in [-0.1, -0.05) is 85.4 Å². The van der Waals surface area contributed by atoms with Crippen LogP contribution >= 0.6 is 23.1 Å². The average molecular weight is 798 g/mol. The molecule has 13 heteroatoms. The van der Waals surface area contributed by atoms with Crippen LogP contribution in [0.5, 0.6) is 0 Å². The van der Waals surface area contributed by atoms with E-state index in [4.69, 9.17) is 4.42 Å². The fourth-order valence-electron chi connectivity index (χ4n) is 7.20. The number of thiophene rings is 1. The van der Waals surface area contributed by atoms with Crippen molar-refractivity contribution in [2.45, 2.75) is 37.6 Å². The smallest absolute Gasteiger partial charge is 0.374 e. The van der Waals surface area contributed by atoms with Crippen molar-refractivity contribution in [2.75, 3.05) is 23.0 Å². The highest BCUT2D eigenvalue weighted by Gasteiger charge is 2.29. The third-order valence-corrected chi connectivity index (χ3v) is 13.4. The minimum atomic E-state index is -4.16. The Morgan fingerprint density at radius 3 is 2.37 bits per heavy atom. The van der Waals surface area contributed by atoms with E-state index in [9.17, 15) is 25.9 Å². The van der Waals surface area contributed by atoms with Crippen molar-refractivity contribution in [1.82, 2.24) is 0 Å². The van der Waals surface area contributed by atoms with E-state index in [-0.39, 0.29) is 24.3 Å². The molecule has 5 aromatic carbocycles. The number of hydrogen-bond acceptors (Lipinski definition) is 8. The lowest BCUT2D eigenvalue weighted by molar-refractivity contribution is -0.677. The van der Waals surface area contributed by atoms with Gasteiger partial charge in [0.2, 0.25) is 5.58 Å². The molecule has 0 saturated carbocycles. The first-order chi connectivity index (χ1) is 26.0. The van der Waals surface area contributed by atoms with E-state index in [1.807, 2.05) is 54.0 Å². The quantitative estimate of drug-likeness (QED) is 0.0706. The minimum Gasteiger partial charge on any atom is -0.398 e. The van der Waals surface area contributed by atoms with Gasteiger partial charge in [-0.05, 0) is 69.8 Å². The fourth-order valence-corrected chi connectivity index (χ4v) is 10.3. The van der Waals surface area contributed by atoms with Crippen LogP contribution in [0.25, 0.3) is 59.9 Å². The number of benzene rings is 5. The number of oxazole rings is 1. The van der Waals surface area contributed by atoms with Gasteiger partial charge in [0, 0.05) is 45.0 Å². The number of nitrogens with zero attached hydrogens (tertiary/aromatic N) is 2. The molecule has 276 valence electrons. The number of hydrogen-bond donors (Lipinski definition) is 2. The van der Waals surface area contributed by atoms with Gasteiger partial charge in [0.25, 0.3) is 25.8 Å². The van der Waals surface area contributed by atoms with Crippen molar-refractivity contribution in [2.24, 2.45) is 0 Å². The van der Waals surface area contributed by atoms with Gasteiger partial charge in [-0.2, -0.15) is 21.4 Å². The Bertz CT molecular complexity index is 2870. The molecule has 0 radical (unpaired) electrons. The van der Waals surface area contributed by atoms with E-state index >= 15 is 0 Å². The van der Waals surface area contributed by atoms with E-state index < -0.39 is 20.2 Å². The molecule has 7 aromatic rings. The maximum atomic E-state index is 11.7. The molecule has 54 heavy (non-hydrogen) atoms. The summed E-state index contributed by atoms with van der Waals surface area (Å²) in [7, 11) is -8.31. The second-order valence-electron chi connectivity index (χ2n) is 13.3. The van der Waals surface area contributed by atoms with Crippen LogP contribution in [-0.4, -0.2) is 44.0 Å². The topological polar surface area (TPSA) is 129 Å². The molecule has 0 saturated heterocycles. The molecule has 0 spiro atoms. The molecule has 0 bridgehead atoms. The van der Waals surface area contributed by atoms with Gasteiger partial charge < -0.3 is 9.32 Å². The monoisotopic (exact) mass is 797 g/mol. The summed E-state index contributed by atoms with van der Waals surface area (Å²) in [5, 5.41) is 8.62.